The highest BCUT2D eigenvalue weighted by Gasteiger charge is 2.45. The maximum absolute atomic E-state index is 13.0. The van der Waals surface area contributed by atoms with Gasteiger partial charge in [0.1, 0.15) is 5.82 Å². The lowest BCUT2D eigenvalue weighted by molar-refractivity contribution is 0.177. The number of aromatic amines is 1. The Kier molecular flexibility index (Phi) is 4.02. The molecule has 1 saturated carbocycles. The van der Waals surface area contributed by atoms with E-state index in [0.717, 1.165) is 72.7 Å². The fourth-order valence-electron chi connectivity index (χ4n) is 5.46. The molecule has 8 nitrogen and oxygen atoms in total. The lowest BCUT2D eigenvalue weighted by atomic mass is 10.0. The van der Waals surface area contributed by atoms with Gasteiger partial charge in [0.05, 0.1) is 30.7 Å². The Morgan fingerprint density at radius 2 is 1.81 bits per heavy atom. The van der Waals surface area contributed by atoms with Crippen molar-refractivity contribution in [2.24, 2.45) is 11.8 Å². The van der Waals surface area contributed by atoms with E-state index in [-0.39, 0.29) is 5.25 Å². The summed E-state index contributed by atoms with van der Waals surface area (Å²) in [6, 6.07) is 8.13. The lowest BCUT2D eigenvalue weighted by Crippen LogP contribution is -2.29. The molecule has 0 spiro atoms. The van der Waals surface area contributed by atoms with Gasteiger partial charge >= 0.3 is 0 Å². The van der Waals surface area contributed by atoms with E-state index in [0.29, 0.717) is 30.7 Å². The van der Waals surface area contributed by atoms with Gasteiger partial charge in [0.2, 0.25) is 10.0 Å². The van der Waals surface area contributed by atoms with Crippen molar-refractivity contribution < 1.29 is 13.2 Å². The van der Waals surface area contributed by atoms with Crippen LogP contribution in [0.5, 0.6) is 0 Å². The number of sulfonamides is 1. The molecular weight excluding hydrogens is 426 g/mol. The molecule has 3 aliphatic heterocycles. The SMILES string of the molecule is O=S(=O)(C1CC1)N1Cc2nc(-c3c[nH]c4ccccc34)nc(N3C[C@H]4COC[C@H]4C3)c2C1. The third-order valence-corrected chi connectivity index (χ3v) is 9.70. The van der Waals surface area contributed by atoms with Crippen LogP contribution in [0.15, 0.2) is 30.5 Å². The van der Waals surface area contributed by atoms with Gasteiger partial charge in [-0.05, 0) is 18.9 Å². The number of aromatic nitrogens is 3. The third-order valence-electron chi connectivity index (χ3n) is 7.41. The molecule has 166 valence electrons. The van der Waals surface area contributed by atoms with Crippen molar-refractivity contribution in [2.75, 3.05) is 31.2 Å². The van der Waals surface area contributed by atoms with Crippen molar-refractivity contribution >= 4 is 26.7 Å². The second kappa shape index (κ2) is 6.76. The van der Waals surface area contributed by atoms with Crippen LogP contribution in [0.2, 0.25) is 0 Å². The molecule has 5 heterocycles. The predicted molar refractivity (Wildman–Crippen MR) is 121 cm³/mol. The van der Waals surface area contributed by atoms with Crippen molar-refractivity contribution in [3.05, 3.63) is 41.7 Å². The minimum Gasteiger partial charge on any atom is -0.381 e. The molecule has 0 radical (unpaired) electrons. The van der Waals surface area contributed by atoms with E-state index in [2.05, 4.69) is 16.0 Å². The number of rotatable bonds is 4. The second-order valence-electron chi connectivity index (χ2n) is 9.52. The van der Waals surface area contributed by atoms with E-state index in [1.165, 1.54) is 0 Å². The summed E-state index contributed by atoms with van der Waals surface area (Å²) in [6.07, 6.45) is 3.49. The zero-order chi connectivity index (χ0) is 21.4. The number of H-pyrrole nitrogens is 1. The van der Waals surface area contributed by atoms with Crippen LogP contribution in [0.1, 0.15) is 24.1 Å². The minimum atomic E-state index is -3.27. The van der Waals surface area contributed by atoms with E-state index >= 15 is 0 Å². The molecule has 1 aromatic carbocycles. The topological polar surface area (TPSA) is 91.4 Å². The van der Waals surface area contributed by atoms with Gasteiger partial charge in [-0.3, -0.25) is 0 Å². The molecule has 3 aromatic rings. The van der Waals surface area contributed by atoms with Crippen molar-refractivity contribution in [3.63, 3.8) is 0 Å². The Morgan fingerprint density at radius 3 is 2.59 bits per heavy atom. The number of nitrogens with zero attached hydrogens (tertiary/aromatic N) is 4. The van der Waals surface area contributed by atoms with Crippen LogP contribution in [0, 0.1) is 11.8 Å². The molecular formula is C23H25N5O3S. The van der Waals surface area contributed by atoms with Gasteiger partial charge < -0.3 is 14.6 Å². The molecule has 32 heavy (non-hydrogen) atoms. The average molecular weight is 452 g/mol. The third kappa shape index (κ3) is 2.84. The highest BCUT2D eigenvalue weighted by Crippen LogP contribution is 2.41. The smallest absolute Gasteiger partial charge is 0.217 e. The first-order valence-corrected chi connectivity index (χ1v) is 12.9. The molecule has 2 aromatic heterocycles. The first-order valence-electron chi connectivity index (χ1n) is 11.4. The summed E-state index contributed by atoms with van der Waals surface area (Å²) in [5.41, 5.74) is 3.81. The predicted octanol–water partition coefficient (Wildman–Crippen LogP) is 2.52. The normalized spacial score (nSPS) is 25.6. The molecule has 9 heteroatoms. The fourth-order valence-corrected chi connectivity index (χ4v) is 7.23. The van der Waals surface area contributed by atoms with Crippen LogP contribution in [0.25, 0.3) is 22.3 Å². The number of nitrogens with one attached hydrogen (secondary N) is 1. The summed E-state index contributed by atoms with van der Waals surface area (Å²) in [6.45, 7) is 4.11. The molecule has 2 saturated heterocycles. The van der Waals surface area contributed by atoms with Crippen LogP contribution in [0.3, 0.4) is 0 Å². The first kappa shape index (κ1) is 19.0. The standard InChI is InChI=1S/C23H25N5O3S/c29-32(30,16-5-6-16)28-10-19-21(11-28)25-22(18-7-24-20-4-2-1-3-17(18)20)26-23(19)27-8-14-12-31-13-15(14)9-27/h1-4,7,14-16,24H,5-6,8-13H2/t14-,15+. The van der Waals surface area contributed by atoms with Crippen molar-refractivity contribution in [1.29, 1.82) is 0 Å². The number of anilines is 1. The van der Waals surface area contributed by atoms with Gasteiger partial charge in [-0.15, -0.1) is 0 Å². The molecule has 7 rings (SSSR count). The van der Waals surface area contributed by atoms with Gasteiger partial charge in [-0.1, -0.05) is 18.2 Å². The monoisotopic (exact) mass is 451 g/mol. The Bertz CT molecular complexity index is 1320. The summed E-state index contributed by atoms with van der Waals surface area (Å²) in [5.74, 6) is 2.60. The summed E-state index contributed by atoms with van der Waals surface area (Å²) < 4.78 is 33.3. The van der Waals surface area contributed by atoms with E-state index in [1.54, 1.807) is 4.31 Å². The molecule has 0 amide bonds. The first-order chi connectivity index (χ1) is 15.6. The lowest BCUT2D eigenvalue weighted by Gasteiger charge is -2.22. The van der Waals surface area contributed by atoms with E-state index in [9.17, 15) is 8.42 Å². The maximum atomic E-state index is 13.0. The molecule has 2 atom stereocenters. The molecule has 0 unspecified atom stereocenters. The van der Waals surface area contributed by atoms with Gasteiger partial charge in [-0.2, -0.15) is 4.31 Å². The van der Waals surface area contributed by atoms with E-state index in [1.807, 2.05) is 24.4 Å². The van der Waals surface area contributed by atoms with Gasteiger partial charge in [0.15, 0.2) is 5.82 Å². The summed E-state index contributed by atoms with van der Waals surface area (Å²) >= 11 is 0. The average Bonchev–Trinajstić information content (AvgIpc) is 3.13. The Hall–Kier alpha value is -2.49. The Balaban J connectivity index is 1.34. The molecule has 1 aliphatic carbocycles. The van der Waals surface area contributed by atoms with Gasteiger partial charge in [0, 0.05) is 59.7 Å². The number of fused-ring (bicyclic) bond motifs is 3. The molecule has 1 N–H and O–H groups in total. The fraction of sp³-hybridized carbons (Fsp3) is 0.478. The highest BCUT2D eigenvalue weighted by atomic mass is 32.2. The zero-order valence-corrected chi connectivity index (χ0v) is 18.5. The van der Waals surface area contributed by atoms with Crippen LogP contribution in [-0.4, -0.2) is 59.2 Å². The molecule has 3 fully saturated rings. The summed E-state index contributed by atoms with van der Waals surface area (Å²) in [7, 11) is -3.27. The number of hydrogen-bond acceptors (Lipinski definition) is 6. The Morgan fingerprint density at radius 1 is 1.03 bits per heavy atom. The van der Waals surface area contributed by atoms with Crippen LogP contribution < -0.4 is 4.90 Å². The van der Waals surface area contributed by atoms with Crippen LogP contribution in [0.4, 0.5) is 5.82 Å². The van der Waals surface area contributed by atoms with Crippen LogP contribution in [-0.2, 0) is 27.8 Å². The summed E-state index contributed by atoms with van der Waals surface area (Å²) in [5, 5.41) is 0.857. The number of para-hydroxylation sites is 1. The quantitative estimate of drug-likeness (QED) is 0.656. The highest BCUT2D eigenvalue weighted by molar-refractivity contribution is 7.90. The van der Waals surface area contributed by atoms with E-state index in [4.69, 9.17) is 14.7 Å². The van der Waals surface area contributed by atoms with Crippen molar-refractivity contribution in [2.45, 2.75) is 31.2 Å². The van der Waals surface area contributed by atoms with Crippen molar-refractivity contribution in [1.82, 2.24) is 19.3 Å². The molecule has 0 bridgehead atoms. The minimum absolute atomic E-state index is 0.218. The van der Waals surface area contributed by atoms with Crippen molar-refractivity contribution in [3.8, 4) is 11.4 Å². The van der Waals surface area contributed by atoms with E-state index < -0.39 is 10.0 Å². The second-order valence-corrected chi connectivity index (χ2v) is 11.7. The maximum Gasteiger partial charge on any atom is 0.217 e. The number of hydrogen-bond donors (Lipinski definition) is 1. The Labute approximate surface area is 186 Å². The number of ether oxygens (including phenoxy) is 1. The largest absolute Gasteiger partial charge is 0.381 e. The van der Waals surface area contributed by atoms with Gasteiger partial charge in [-0.25, -0.2) is 18.4 Å². The zero-order valence-electron chi connectivity index (χ0n) is 17.7. The van der Waals surface area contributed by atoms with Gasteiger partial charge in [0.25, 0.3) is 0 Å². The van der Waals surface area contributed by atoms with Crippen LogP contribution >= 0.6 is 0 Å². The number of benzene rings is 1. The summed E-state index contributed by atoms with van der Waals surface area (Å²) in [4.78, 5) is 15.6. The molecule has 4 aliphatic rings.